The van der Waals surface area contributed by atoms with Gasteiger partial charge in [-0.1, -0.05) is 44.2 Å². The SMILES string of the molecule is CC(C)CNc1ccnc(C(=O)NC(C)c2ccccc2)c1. The van der Waals surface area contributed by atoms with Gasteiger partial charge in [0.2, 0.25) is 0 Å². The van der Waals surface area contributed by atoms with Crippen LogP contribution < -0.4 is 10.6 Å². The molecule has 0 aliphatic carbocycles. The molecule has 0 bridgehead atoms. The number of carbonyl (C=O) groups excluding carboxylic acids is 1. The fourth-order valence-corrected chi connectivity index (χ4v) is 2.08. The number of aromatic nitrogens is 1. The summed E-state index contributed by atoms with van der Waals surface area (Å²) in [7, 11) is 0. The lowest BCUT2D eigenvalue weighted by atomic mass is 10.1. The minimum absolute atomic E-state index is 0.0530. The molecule has 1 aromatic carbocycles. The van der Waals surface area contributed by atoms with Crippen molar-refractivity contribution < 1.29 is 4.79 Å². The van der Waals surface area contributed by atoms with E-state index in [2.05, 4.69) is 29.5 Å². The lowest BCUT2D eigenvalue weighted by Crippen LogP contribution is -2.27. The van der Waals surface area contributed by atoms with Crippen LogP contribution in [0.5, 0.6) is 0 Å². The van der Waals surface area contributed by atoms with Crippen LogP contribution in [0.4, 0.5) is 5.69 Å². The maximum atomic E-state index is 12.3. The molecule has 1 heterocycles. The van der Waals surface area contributed by atoms with E-state index in [1.54, 1.807) is 12.3 Å². The summed E-state index contributed by atoms with van der Waals surface area (Å²) in [6, 6.07) is 13.5. The lowest BCUT2D eigenvalue weighted by Gasteiger charge is -2.14. The highest BCUT2D eigenvalue weighted by Crippen LogP contribution is 2.13. The third kappa shape index (κ3) is 4.58. The van der Waals surface area contributed by atoms with Gasteiger partial charge < -0.3 is 10.6 Å². The summed E-state index contributed by atoms with van der Waals surface area (Å²) in [6.45, 7) is 7.12. The fraction of sp³-hybridized carbons (Fsp3) is 0.333. The highest BCUT2D eigenvalue weighted by atomic mass is 16.1. The Bertz CT molecular complexity index is 611. The maximum absolute atomic E-state index is 12.3. The number of hydrogen-bond donors (Lipinski definition) is 2. The predicted molar refractivity (Wildman–Crippen MR) is 89.9 cm³/mol. The zero-order valence-corrected chi connectivity index (χ0v) is 13.3. The van der Waals surface area contributed by atoms with Crippen molar-refractivity contribution in [3.63, 3.8) is 0 Å². The quantitative estimate of drug-likeness (QED) is 0.856. The van der Waals surface area contributed by atoms with Crippen LogP contribution in [0.15, 0.2) is 48.7 Å². The van der Waals surface area contributed by atoms with Gasteiger partial charge in [-0.25, -0.2) is 0 Å². The Kier molecular flexibility index (Phi) is 5.53. The van der Waals surface area contributed by atoms with E-state index in [0.29, 0.717) is 11.6 Å². The molecule has 1 atom stereocenters. The third-order valence-corrected chi connectivity index (χ3v) is 3.35. The van der Waals surface area contributed by atoms with Crippen molar-refractivity contribution in [1.29, 1.82) is 0 Å². The van der Waals surface area contributed by atoms with Crippen molar-refractivity contribution in [1.82, 2.24) is 10.3 Å². The van der Waals surface area contributed by atoms with E-state index >= 15 is 0 Å². The van der Waals surface area contributed by atoms with Crippen LogP contribution in [0.25, 0.3) is 0 Å². The molecule has 1 aromatic heterocycles. The zero-order chi connectivity index (χ0) is 15.9. The van der Waals surface area contributed by atoms with Crippen LogP contribution in [0.2, 0.25) is 0 Å². The van der Waals surface area contributed by atoms with Crippen LogP contribution in [0, 0.1) is 5.92 Å². The molecule has 0 saturated heterocycles. The molecule has 2 aromatic rings. The summed E-state index contributed by atoms with van der Waals surface area (Å²) in [6.07, 6.45) is 1.66. The second-order valence-corrected chi connectivity index (χ2v) is 5.81. The number of rotatable bonds is 6. The Labute approximate surface area is 132 Å². The Morgan fingerprint density at radius 2 is 1.86 bits per heavy atom. The van der Waals surface area contributed by atoms with Crippen LogP contribution in [0.1, 0.15) is 42.9 Å². The number of nitrogens with zero attached hydrogens (tertiary/aromatic N) is 1. The standard InChI is InChI=1S/C18H23N3O/c1-13(2)12-20-16-9-10-19-17(11-16)18(22)21-14(3)15-7-5-4-6-8-15/h4-11,13-14H,12H2,1-3H3,(H,19,20)(H,21,22). The highest BCUT2D eigenvalue weighted by molar-refractivity contribution is 5.93. The largest absolute Gasteiger partial charge is 0.385 e. The molecule has 1 unspecified atom stereocenters. The van der Waals surface area contributed by atoms with E-state index in [1.807, 2.05) is 43.3 Å². The number of pyridine rings is 1. The highest BCUT2D eigenvalue weighted by Gasteiger charge is 2.12. The molecule has 4 nitrogen and oxygen atoms in total. The van der Waals surface area contributed by atoms with Gasteiger partial charge in [0.1, 0.15) is 5.69 Å². The van der Waals surface area contributed by atoms with Gasteiger partial charge in [-0.3, -0.25) is 9.78 Å². The van der Waals surface area contributed by atoms with Crippen molar-refractivity contribution in [3.8, 4) is 0 Å². The molecule has 0 spiro atoms. The smallest absolute Gasteiger partial charge is 0.270 e. The van der Waals surface area contributed by atoms with Crippen LogP contribution in [-0.4, -0.2) is 17.4 Å². The van der Waals surface area contributed by atoms with Gasteiger partial charge in [-0.05, 0) is 30.5 Å². The zero-order valence-electron chi connectivity index (χ0n) is 13.3. The van der Waals surface area contributed by atoms with Crippen molar-refractivity contribution >= 4 is 11.6 Å². The molecule has 2 rings (SSSR count). The van der Waals surface area contributed by atoms with E-state index in [1.165, 1.54) is 0 Å². The van der Waals surface area contributed by atoms with Crippen LogP contribution >= 0.6 is 0 Å². The minimum Gasteiger partial charge on any atom is -0.385 e. The fourth-order valence-electron chi connectivity index (χ4n) is 2.08. The van der Waals surface area contributed by atoms with Gasteiger partial charge in [0, 0.05) is 18.4 Å². The monoisotopic (exact) mass is 297 g/mol. The molecular weight excluding hydrogens is 274 g/mol. The summed E-state index contributed by atoms with van der Waals surface area (Å²) in [5.41, 5.74) is 2.42. The second kappa shape index (κ2) is 7.59. The van der Waals surface area contributed by atoms with Gasteiger partial charge in [0.15, 0.2) is 0 Å². The molecule has 1 amide bonds. The van der Waals surface area contributed by atoms with Crippen LogP contribution in [0.3, 0.4) is 0 Å². The first-order valence-electron chi connectivity index (χ1n) is 7.62. The molecule has 22 heavy (non-hydrogen) atoms. The first-order valence-corrected chi connectivity index (χ1v) is 7.62. The van der Waals surface area contributed by atoms with Gasteiger partial charge in [0.05, 0.1) is 6.04 Å². The topological polar surface area (TPSA) is 54.0 Å². The van der Waals surface area contributed by atoms with Crippen molar-refractivity contribution in [2.24, 2.45) is 5.92 Å². The number of hydrogen-bond acceptors (Lipinski definition) is 3. The number of carbonyl (C=O) groups is 1. The number of nitrogens with one attached hydrogen (secondary N) is 2. The molecule has 4 heteroatoms. The Morgan fingerprint density at radius 3 is 2.55 bits per heavy atom. The average Bonchev–Trinajstić information content (AvgIpc) is 2.54. The second-order valence-electron chi connectivity index (χ2n) is 5.81. The summed E-state index contributed by atoms with van der Waals surface area (Å²) < 4.78 is 0. The van der Waals surface area contributed by atoms with E-state index < -0.39 is 0 Å². The molecule has 2 N–H and O–H groups in total. The van der Waals surface area contributed by atoms with E-state index in [9.17, 15) is 4.79 Å². The summed E-state index contributed by atoms with van der Waals surface area (Å²) in [5, 5.41) is 6.28. The summed E-state index contributed by atoms with van der Waals surface area (Å²) >= 11 is 0. The summed E-state index contributed by atoms with van der Waals surface area (Å²) in [5.74, 6) is 0.382. The molecule has 0 saturated carbocycles. The van der Waals surface area contributed by atoms with Crippen molar-refractivity contribution in [2.45, 2.75) is 26.8 Å². The Balaban J connectivity index is 2.02. The van der Waals surface area contributed by atoms with Crippen molar-refractivity contribution in [2.75, 3.05) is 11.9 Å². The maximum Gasteiger partial charge on any atom is 0.270 e. The normalized spacial score (nSPS) is 12.0. The molecule has 0 aliphatic heterocycles. The van der Waals surface area contributed by atoms with Gasteiger partial charge in [-0.2, -0.15) is 0 Å². The molecule has 0 radical (unpaired) electrons. The number of benzene rings is 1. The summed E-state index contributed by atoms with van der Waals surface area (Å²) in [4.78, 5) is 16.5. The number of anilines is 1. The first kappa shape index (κ1) is 16.0. The minimum atomic E-state index is -0.162. The third-order valence-electron chi connectivity index (χ3n) is 3.35. The molecule has 0 fully saturated rings. The molecule has 116 valence electrons. The lowest BCUT2D eigenvalue weighted by molar-refractivity contribution is 0.0935. The molecule has 0 aliphatic rings. The van der Waals surface area contributed by atoms with E-state index in [4.69, 9.17) is 0 Å². The Hall–Kier alpha value is -2.36. The molecular formula is C18H23N3O. The predicted octanol–water partition coefficient (Wildman–Crippen LogP) is 3.64. The van der Waals surface area contributed by atoms with Gasteiger partial charge in [0.25, 0.3) is 5.91 Å². The average molecular weight is 297 g/mol. The van der Waals surface area contributed by atoms with E-state index in [-0.39, 0.29) is 11.9 Å². The van der Waals surface area contributed by atoms with Gasteiger partial charge >= 0.3 is 0 Å². The number of amides is 1. The van der Waals surface area contributed by atoms with Crippen LogP contribution in [-0.2, 0) is 0 Å². The van der Waals surface area contributed by atoms with E-state index in [0.717, 1.165) is 17.8 Å². The Morgan fingerprint density at radius 1 is 1.14 bits per heavy atom. The van der Waals surface area contributed by atoms with Crippen molar-refractivity contribution in [3.05, 3.63) is 59.9 Å². The van der Waals surface area contributed by atoms with Gasteiger partial charge in [-0.15, -0.1) is 0 Å². The first-order chi connectivity index (χ1) is 10.6.